The predicted octanol–water partition coefficient (Wildman–Crippen LogP) is 2.10. The summed E-state index contributed by atoms with van der Waals surface area (Å²) in [5, 5.41) is 0. The number of alkyl halides is 1. The van der Waals surface area contributed by atoms with Crippen LogP contribution < -0.4 is 9.47 Å². The lowest BCUT2D eigenvalue weighted by Crippen LogP contribution is -2.43. The van der Waals surface area contributed by atoms with Gasteiger partial charge in [-0.2, -0.15) is 0 Å². The Balaban J connectivity index is 1.87. The molecule has 0 amide bonds. The molecule has 4 nitrogen and oxygen atoms in total. The lowest BCUT2D eigenvalue weighted by Gasteiger charge is -2.31. The first-order valence-electron chi connectivity index (χ1n) is 5.32. The Morgan fingerprint density at radius 1 is 1.25 bits per heavy atom. The molecule has 0 atom stereocenters. The van der Waals surface area contributed by atoms with E-state index in [1.54, 1.807) is 6.20 Å². The average molecular weight is 242 g/mol. The zero-order chi connectivity index (χ0) is 11.0. The summed E-state index contributed by atoms with van der Waals surface area (Å²) in [6, 6.07) is 1.84. The molecule has 0 radical (unpaired) electrons. The molecule has 0 aromatic carbocycles. The number of fused-ring (bicyclic) bond motifs is 1. The summed E-state index contributed by atoms with van der Waals surface area (Å²) in [4.78, 5) is 4.18. The monoisotopic (exact) mass is 241 g/mol. The Labute approximate surface area is 98.5 Å². The van der Waals surface area contributed by atoms with Gasteiger partial charge in [0.1, 0.15) is 0 Å². The SMILES string of the molecule is ClCc1cc2c(cn1)OC1(CCOCC1)O2. The van der Waals surface area contributed by atoms with Crippen molar-refractivity contribution in [3.63, 3.8) is 0 Å². The molecule has 1 aromatic heterocycles. The summed E-state index contributed by atoms with van der Waals surface area (Å²) in [5.41, 5.74) is 0.799. The highest BCUT2D eigenvalue weighted by molar-refractivity contribution is 6.16. The molecular formula is C11H12ClNO3. The fraction of sp³-hybridized carbons (Fsp3) is 0.545. The maximum absolute atomic E-state index is 5.88. The second-order valence-electron chi connectivity index (χ2n) is 3.98. The summed E-state index contributed by atoms with van der Waals surface area (Å²) in [6.45, 7) is 1.34. The molecule has 1 aromatic rings. The van der Waals surface area contributed by atoms with Crippen LogP contribution in [-0.2, 0) is 10.6 Å². The van der Waals surface area contributed by atoms with Gasteiger partial charge in [0.05, 0.1) is 31.0 Å². The lowest BCUT2D eigenvalue weighted by atomic mass is 10.1. The minimum atomic E-state index is -0.535. The molecule has 3 heterocycles. The van der Waals surface area contributed by atoms with E-state index in [-0.39, 0.29) is 0 Å². The number of hydrogen-bond donors (Lipinski definition) is 0. The molecule has 1 spiro atoms. The van der Waals surface area contributed by atoms with Crippen LogP contribution in [0.25, 0.3) is 0 Å². The van der Waals surface area contributed by atoms with Gasteiger partial charge < -0.3 is 14.2 Å². The maximum Gasteiger partial charge on any atom is 0.256 e. The van der Waals surface area contributed by atoms with E-state index in [1.165, 1.54) is 0 Å². The van der Waals surface area contributed by atoms with Gasteiger partial charge >= 0.3 is 0 Å². The number of nitrogens with zero attached hydrogens (tertiary/aromatic N) is 1. The zero-order valence-corrected chi connectivity index (χ0v) is 9.50. The molecule has 3 rings (SSSR count). The van der Waals surface area contributed by atoms with Crippen LogP contribution in [0.5, 0.6) is 11.5 Å². The third-order valence-corrected chi connectivity index (χ3v) is 3.15. The summed E-state index contributed by atoms with van der Waals surface area (Å²) in [6.07, 6.45) is 3.17. The molecule has 16 heavy (non-hydrogen) atoms. The number of hydrogen-bond acceptors (Lipinski definition) is 4. The van der Waals surface area contributed by atoms with E-state index in [9.17, 15) is 0 Å². The number of rotatable bonds is 1. The van der Waals surface area contributed by atoms with Gasteiger partial charge in [-0.1, -0.05) is 0 Å². The van der Waals surface area contributed by atoms with Gasteiger partial charge in [0.25, 0.3) is 5.79 Å². The number of pyridine rings is 1. The van der Waals surface area contributed by atoms with Crippen molar-refractivity contribution in [2.75, 3.05) is 13.2 Å². The first-order valence-corrected chi connectivity index (χ1v) is 5.85. The highest BCUT2D eigenvalue weighted by atomic mass is 35.5. The summed E-state index contributed by atoms with van der Waals surface area (Å²) in [7, 11) is 0. The standard InChI is InChI=1S/C11H12ClNO3/c12-6-8-5-9-10(7-13-8)16-11(15-9)1-3-14-4-2-11/h5,7H,1-4,6H2. The van der Waals surface area contributed by atoms with E-state index in [1.807, 2.05) is 6.07 Å². The Kier molecular flexibility index (Phi) is 2.41. The normalized spacial score (nSPS) is 21.3. The fourth-order valence-electron chi connectivity index (χ4n) is 2.00. The van der Waals surface area contributed by atoms with E-state index >= 15 is 0 Å². The average Bonchev–Trinajstić information content (AvgIpc) is 2.66. The Bertz CT molecular complexity index is 404. The molecule has 1 fully saturated rings. The molecule has 0 unspecified atom stereocenters. The van der Waals surface area contributed by atoms with Crippen LogP contribution in [0.1, 0.15) is 18.5 Å². The van der Waals surface area contributed by atoms with Gasteiger partial charge in [0, 0.05) is 18.9 Å². The molecule has 0 bridgehead atoms. The van der Waals surface area contributed by atoms with Crippen molar-refractivity contribution in [2.45, 2.75) is 24.5 Å². The molecule has 2 aliphatic rings. The van der Waals surface area contributed by atoms with Crippen molar-refractivity contribution in [1.29, 1.82) is 0 Å². The largest absolute Gasteiger partial charge is 0.448 e. The van der Waals surface area contributed by atoms with Crippen LogP contribution in [0.2, 0.25) is 0 Å². The van der Waals surface area contributed by atoms with Crippen LogP contribution in [0.3, 0.4) is 0 Å². The van der Waals surface area contributed by atoms with Crippen molar-refractivity contribution in [2.24, 2.45) is 0 Å². The van der Waals surface area contributed by atoms with E-state index in [4.69, 9.17) is 25.8 Å². The second-order valence-corrected chi connectivity index (χ2v) is 4.25. The van der Waals surface area contributed by atoms with Gasteiger partial charge in [-0.3, -0.25) is 4.98 Å². The Hall–Kier alpha value is -1.00. The first kappa shape index (κ1) is 10.2. The first-order chi connectivity index (χ1) is 7.81. The van der Waals surface area contributed by atoms with Gasteiger partial charge in [0.2, 0.25) is 0 Å². The lowest BCUT2D eigenvalue weighted by molar-refractivity contribution is -0.143. The van der Waals surface area contributed by atoms with E-state index in [2.05, 4.69) is 4.98 Å². The van der Waals surface area contributed by atoms with Crippen LogP contribution in [0.4, 0.5) is 0 Å². The van der Waals surface area contributed by atoms with Crippen molar-refractivity contribution in [3.05, 3.63) is 18.0 Å². The third-order valence-electron chi connectivity index (χ3n) is 2.87. The van der Waals surface area contributed by atoms with Gasteiger partial charge in [-0.05, 0) is 0 Å². The minimum absolute atomic E-state index is 0.382. The van der Waals surface area contributed by atoms with Gasteiger partial charge in [-0.25, -0.2) is 0 Å². The highest BCUT2D eigenvalue weighted by Crippen LogP contribution is 2.43. The van der Waals surface area contributed by atoms with Crippen molar-refractivity contribution < 1.29 is 14.2 Å². The molecule has 0 N–H and O–H groups in total. The molecule has 0 aliphatic carbocycles. The summed E-state index contributed by atoms with van der Waals surface area (Å²) in [5.74, 6) is 1.29. The van der Waals surface area contributed by atoms with E-state index in [0.717, 1.165) is 24.3 Å². The van der Waals surface area contributed by atoms with Crippen LogP contribution >= 0.6 is 11.6 Å². The third kappa shape index (κ3) is 1.62. The molecule has 1 saturated heterocycles. The summed E-state index contributed by atoms with van der Waals surface area (Å²) >= 11 is 5.73. The van der Waals surface area contributed by atoms with Crippen molar-refractivity contribution in [1.82, 2.24) is 4.98 Å². The van der Waals surface area contributed by atoms with Crippen LogP contribution in [0.15, 0.2) is 12.3 Å². The molecular weight excluding hydrogens is 230 g/mol. The summed E-state index contributed by atoms with van der Waals surface area (Å²) < 4.78 is 17.0. The fourth-order valence-corrected chi connectivity index (χ4v) is 2.15. The van der Waals surface area contributed by atoms with Crippen LogP contribution in [-0.4, -0.2) is 24.0 Å². The van der Waals surface area contributed by atoms with Crippen LogP contribution in [0, 0.1) is 0 Å². The topological polar surface area (TPSA) is 40.6 Å². The number of aromatic nitrogens is 1. The van der Waals surface area contributed by atoms with Crippen molar-refractivity contribution >= 4 is 11.6 Å². The number of halogens is 1. The van der Waals surface area contributed by atoms with Gasteiger partial charge in [0.15, 0.2) is 11.5 Å². The second kappa shape index (κ2) is 3.79. The van der Waals surface area contributed by atoms with E-state index < -0.39 is 5.79 Å². The van der Waals surface area contributed by atoms with Gasteiger partial charge in [-0.15, -0.1) is 11.6 Å². The number of ether oxygens (including phenoxy) is 3. The van der Waals surface area contributed by atoms with Crippen molar-refractivity contribution in [3.8, 4) is 11.5 Å². The zero-order valence-electron chi connectivity index (χ0n) is 8.74. The quantitative estimate of drug-likeness (QED) is 0.706. The Morgan fingerprint density at radius 2 is 2.00 bits per heavy atom. The maximum atomic E-state index is 5.88. The minimum Gasteiger partial charge on any atom is -0.448 e. The molecule has 0 saturated carbocycles. The molecule has 86 valence electrons. The van der Waals surface area contributed by atoms with E-state index in [0.29, 0.717) is 24.8 Å². The smallest absolute Gasteiger partial charge is 0.256 e. The Morgan fingerprint density at radius 3 is 2.75 bits per heavy atom. The predicted molar refractivity (Wildman–Crippen MR) is 57.8 cm³/mol. The highest BCUT2D eigenvalue weighted by Gasteiger charge is 2.43. The molecule has 2 aliphatic heterocycles. The molecule has 5 heteroatoms.